The fraction of sp³-hybridized carbons (Fsp3) is 0.263. The van der Waals surface area contributed by atoms with E-state index in [1.807, 2.05) is 44.4 Å². The van der Waals surface area contributed by atoms with E-state index in [2.05, 4.69) is 5.32 Å². The molecule has 0 aliphatic rings. The zero-order chi connectivity index (χ0) is 18.8. The van der Waals surface area contributed by atoms with E-state index in [9.17, 15) is 14.7 Å². The molecule has 2 heterocycles. The van der Waals surface area contributed by atoms with Crippen LogP contribution in [0.2, 0.25) is 0 Å². The number of aromatic carboxylic acids is 1. The van der Waals surface area contributed by atoms with Crippen LogP contribution in [0.15, 0.2) is 29.6 Å². The van der Waals surface area contributed by atoms with Crippen LogP contribution >= 0.6 is 22.7 Å². The lowest BCUT2D eigenvalue weighted by Crippen LogP contribution is -2.12. The number of carboxylic acid groups (broad SMARTS) is 1. The number of aryl methyl sites for hydroxylation is 1. The molecule has 0 aliphatic carbocycles. The predicted molar refractivity (Wildman–Crippen MR) is 106 cm³/mol. The molecule has 0 atom stereocenters. The Morgan fingerprint density at radius 3 is 2.65 bits per heavy atom. The Balaban J connectivity index is 2.10. The quantitative estimate of drug-likeness (QED) is 0.603. The minimum absolute atomic E-state index is 0.152. The molecule has 2 N–H and O–H groups in total. The Hall–Kier alpha value is -2.38. The van der Waals surface area contributed by atoms with Crippen molar-refractivity contribution in [1.82, 2.24) is 0 Å². The monoisotopic (exact) mass is 389 g/mol. The van der Waals surface area contributed by atoms with Crippen LogP contribution in [0.25, 0.3) is 10.1 Å². The number of rotatable bonds is 6. The van der Waals surface area contributed by atoms with Gasteiger partial charge in [-0.25, -0.2) is 4.79 Å². The number of carbonyl (C=O) groups is 2. The van der Waals surface area contributed by atoms with Gasteiger partial charge >= 0.3 is 5.97 Å². The fourth-order valence-corrected chi connectivity index (χ4v) is 4.30. The number of hydrogen-bond acceptors (Lipinski definition) is 5. The third kappa shape index (κ3) is 3.59. The highest BCUT2D eigenvalue weighted by molar-refractivity contribution is 7.21. The van der Waals surface area contributed by atoms with Crippen LogP contribution < -0.4 is 10.1 Å². The van der Waals surface area contributed by atoms with Gasteiger partial charge in [-0.05, 0) is 49.4 Å². The SMILES string of the molecule is CCc1cc2sc(C(=O)O)c(OC(C)C)c2cc1NC(=O)c1cccs1. The van der Waals surface area contributed by atoms with Gasteiger partial charge in [0.15, 0.2) is 10.6 Å². The molecule has 0 fully saturated rings. The van der Waals surface area contributed by atoms with Crippen molar-refractivity contribution in [2.24, 2.45) is 0 Å². The zero-order valence-corrected chi connectivity index (χ0v) is 16.3. The fourth-order valence-electron chi connectivity index (χ4n) is 2.66. The van der Waals surface area contributed by atoms with Crippen LogP contribution in [0.3, 0.4) is 0 Å². The number of amides is 1. The summed E-state index contributed by atoms with van der Waals surface area (Å²) in [5.41, 5.74) is 1.64. The van der Waals surface area contributed by atoms with Crippen molar-refractivity contribution in [3.8, 4) is 5.75 Å². The van der Waals surface area contributed by atoms with E-state index in [1.165, 1.54) is 22.7 Å². The maximum atomic E-state index is 12.4. The predicted octanol–water partition coefficient (Wildman–Crippen LogP) is 5.26. The molecule has 0 radical (unpaired) electrons. The van der Waals surface area contributed by atoms with E-state index in [0.717, 1.165) is 16.7 Å². The van der Waals surface area contributed by atoms with Crippen LogP contribution in [-0.4, -0.2) is 23.1 Å². The first kappa shape index (κ1) is 18.4. The van der Waals surface area contributed by atoms with Gasteiger partial charge in [0.05, 0.1) is 11.0 Å². The summed E-state index contributed by atoms with van der Waals surface area (Å²) in [7, 11) is 0. The standard InChI is InChI=1S/C19H19NO4S2/c1-4-11-8-15-12(16(24-10(2)3)17(26-15)19(22)23)9-13(11)20-18(21)14-6-5-7-25-14/h5-10H,4H2,1-3H3,(H,20,21)(H,22,23). The molecular weight excluding hydrogens is 370 g/mol. The van der Waals surface area contributed by atoms with E-state index in [-0.39, 0.29) is 16.9 Å². The number of anilines is 1. The van der Waals surface area contributed by atoms with Gasteiger partial charge in [-0.15, -0.1) is 22.7 Å². The van der Waals surface area contributed by atoms with Gasteiger partial charge in [0.1, 0.15) is 0 Å². The second kappa shape index (κ2) is 7.47. The topological polar surface area (TPSA) is 75.6 Å². The maximum absolute atomic E-state index is 12.4. The summed E-state index contributed by atoms with van der Waals surface area (Å²) in [6, 6.07) is 7.35. The number of benzene rings is 1. The van der Waals surface area contributed by atoms with Crippen LogP contribution in [0.5, 0.6) is 5.75 Å². The molecule has 1 amide bonds. The molecule has 0 aliphatic heterocycles. The Morgan fingerprint density at radius 1 is 1.31 bits per heavy atom. The van der Waals surface area contributed by atoms with Crippen LogP contribution in [-0.2, 0) is 6.42 Å². The first-order chi connectivity index (χ1) is 12.4. The molecule has 0 spiro atoms. The Kier molecular flexibility index (Phi) is 5.29. The van der Waals surface area contributed by atoms with Crippen molar-refractivity contribution in [2.75, 3.05) is 5.32 Å². The lowest BCUT2D eigenvalue weighted by molar-refractivity contribution is 0.0696. The molecule has 0 unspecified atom stereocenters. The molecule has 136 valence electrons. The van der Waals surface area contributed by atoms with E-state index < -0.39 is 5.97 Å². The van der Waals surface area contributed by atoms with Crippen LogP contribution in [0, 0.1) is 0 Å². The van der Waals surface area contributed by atoms with Gasteiger partial charge in [-0.3, -0.25) is 4.79 Å². The van der Waals surface area contributed by atoms with Crippen LogP contribution in [0.4, 0.5) is 5.69 Å². The van der Waals surface area contributed by atoms with Crippen molar-refractivity contribution in [2.45, 2.75) is 33.3 Å². The molecule has 1 aromatic carbocycles. The van der Waals surface area contributed by atoms with Crippen molar-refractivity contribution in [1.29, 1.82) is 0 Å². The molecule has 7 heteroatoms. The largest absolute Gasteiger partial charge is 0.489 e. The highest BCUT2D eigenvalue weighted by Gasteiger charge is 2.22. The minimum atomic E-state index is -1.01. The van der Waals surface area contributed by atoms with Crippen molar-refractivity contribution >= 4 is 50.3 Å². The smallest absolute Gasteiger partial charge is 0.349 e. The molecule has 0 saturated carbocycles. The average Bonchev–Trinajstić information content (AvgIpc) is 3.22. The molecule has 26 heavy (non-hydrogen) atoms. The number of carboxylic acids is 1. The van der Waals surface area contributed by atoms with Crippen molar-refractivity contribution in [3.63, 3.8) is 0 Å². The number of ether oxygens (including phenoxy) is 1. The Bertz CT molecular complexity index is 958. The number of hydrogen-bond donors (Lipinski definition) is 2. The maximum Gasteiger partial charge on any atom is 0.349 e. The van der Waals surface area contributed by atoms with Crippen molar-refractivity contribution < 1.29 is 19.4 Å². The zero-order valence-electron chi connectivity index (χ0n) is 14.7. The van der Waals surface area contributed by atoms with Gasteiger partial charge in [0.2, 0.25) is 0 Å². The molecule has 5 nitrogen and oxygen atoms in total. The number of thiophene rings is 2. The normalized spacial score (nSPS) is 11.1. The first-order valence-electron chi connectivity index (χ1n) is 8.25. The molecule has 0 saturated heterocycles. The second-order valence-electron chi connectivity index (χ2n) is 6.02. The number of fused-ring (bicyclic) bond motifs is 1. The molecule has 3 rings (SSSR count). The molecule has 3 aromatic rings. The van der Waals surface area contributed by atoms with Gasteiger partial charge < -0.3 is 15.2 Å². The molecular formula is C19H19NO4S2. The minimum Gasteiger partial charge on any atom is -0.489 e. The Labute approximate surface area is 159 Å². The summed E-state index contributed by atoms with van der Waals surface area (Å²) in [5, 5.41) is 15.0. The second-order valence-corrected chi connectivity index (χ2v) is 8.02. The van der Waals surface area contributed by atoms with Gasteiger partial charge in [0.25, 0.3) is 5.91 Å². The lowest BCUT2D eigenvalue weighted by Gasteiger charge is -2.12. The number of carbonyl (C=O) groups excluding carboxylic acids is 1. The lowest BCUT2D eigenvalue weighted by atomic mass is 10.1. The highest BCUT2D eigenvalue weighted by atomic mass is 32.1. The summed E-state index contributed by atoms with van der Waals surface area (Å²) in [6.07, 6.45) is 0.567. The summed E-state index contributed by atoms with van der Waals surface area (Å²) in [4.78, 5) is 24.8. The van der Waals surface area contributed by atoms with E-state index in [0.29, 0.717) is 21.7 Å². The number of nitrogens with one attached hydrogen (secondary N) is 1. The first-order valence-corrected chi connectivity index (χ1v) is 9.94. The van der Waals surface area contributed by atoms with E-state index >= 15 is 0 Å². The summed E-state index contributed by atoms with van der Waals surface area (Å²) < 4.78 is 6.62. The molecule has 0 bridgehead atoms. The summed E-state index contributed by atoms with van der Waals surface area (Å²) in [6.45, 7) is 5.71. The Morgan fingerprint density at radius 2 is 2.08 bits per heavy atom. The summed E-state index contributed by atoms with van der Waals surface area (Å²) >= 11 is 2.57. The van der Waals surface area contributed by atoms with E-state index in [1.54, 1.807) is 6.07 Å². The van der Waals surface area contributed by atoms with Gasteiger partial charge in [-0.2, -0.15) is 0 Å². The highest BCUT2D eigenvalue weighted by Crippen LogP contribution is 2.41. The van der Waals surface area contributed by atoms with Crippen LogP contribution in [0.1, 0.15) is 45.7 Å². The van der Waals surface area contributed by atoms with Gasteiger partial charge in [0, 0.05) is 15.8 Å². The molecule has 2 aromatic heterocycles. The third-order valence-corrected chi connectivity index (χ3v) is 5.78. The third-order valence-electron chi connectivity index (χ3n) is 3.79. The van der Waals surface area contributed by atoms with Gasteiger partial charge in [-0.1, -0.05) is 13.0 Å². The van der Waals surface area contributed by atoms with E-state index in [4.69, 9.17) is 4.74 Å². The summed E-state index contributed by atoms with van der Waals surface area (Å²) in [5.74, 6) is -0.820. The van der Waals surface area contributed by atoms with Crippen molar-refractivity contribution in [3.05, 3.63) is 45.0 Å². The average molecular weight is 389 g/mol.